The van der Waals surface area contributed by atoms with E-state index in [9.17, 15) is 4.57 Å². The Morgan fingerprint density at radius 2 is 2.22 bits per heavy atom. The van der Waals surface area contributed by atoms with E-state index in [1.807, 2.05) is 0 Å². The van der Waals surface area contributed by atoms with Gasteiger partial charge in [-0.15, -0.1) is 0 Å². The summed E-state index contributed by atoms with van der Waals surface area (Å²) in [5.74, 6) is 0. The van der Waals surface area contributed by atoms with Gasteiger partial charge in [0.25, 0.3) is 0 Å². The molecule has 0 bridgehead atoms. The van der Waals surface area contributed by atoms with E-state index >= 15 is 0 Å². The summed E-state index contributed by atoms with van der Waals surface area (Å²) in [4.78, 5) is 16.8. The van der Waals surface area contributed by atoms with E-state index in [-0.39, 0.29) is 6.61 Å². The van der Waals surface area contributed by atoms with Crippen molar-refractivity contribution in [3.8, 4) is 0 Å². The highest BCUT2D eigenvalue weighted by molar-refractivity contribution is 7.52. The molecular weight excluding hydrogens is 143 g/mol. The van der Waals surface area contributed by atoms with Gasteiger partial charge in [0.2, 0.25) is 0 Å². The summed E-state index contributed by atoms with van der Waals surface area (Å²) in [6, 6.07) is 0. The van der Waals surface area contributed by atoms with Crippen LogP contribution >= 0.6 is 7.60 Å². The highest BCUT2D eigenvalue weighted by atomic mass is 31.2. The maximum atomic E-state index is 10.3. The van der Waals surface area contributed by atoms with Gasteiger partial charge in [0.1, 0.15) is 0 Å². The highest BCUT2D eigenvalue weighted by Gasteiger charge is 2.23. The maximum absolute atomic E-state index is 10.3. The third-order valence-electron chi connectivity index (χ3n) is 0.835. The molecule has 55 valence electrons. The van der Waals surface area contributed by atoms with Crippen LogP contribution in [0.1, 0.15) is 0 Å². The Bertz CT molecular complexity index is 118. The molecule has 0 saturated heterocycles. The Morgan fingerprint density at radius 1 is 1.78 bits per heavy atom. The van der Waals surface area contributed by atoms with Crippen LogP contribution in [0.3, 0.4) is 0 Å². The molecule has 4 nitrogen and oxygen atoms in total. The third-order valence-corrected chi connectivity index (χ3v) is 1.94. The second-order valence-electron chi connectivity index (χ2n) is 1.70. The lowest BCUT2D eigenvalue weighted by atomic mass is 10.5. The lowest BCUT2D eigenvalue weighted by molar-refractivity contribution is 0.196. The van der Waals surface area contributed by atoms with Crippen LogP contribution in [-0.2, 0) is 9.30 Å². The van der Waals surface area contributed by atoms with Crippen molar-refractivity contribution in [2.24, 2.45) is 0 Å². The molecule has 2 N–H and O–H groups in total. The zero-order valence-corrected chi connectivity index (χ0v) is 6.04. The standard InChI is InChI=1S/C4H10O4P/c1-4(3-8-2)9(5,6)7/h4H,1,3H2,2H3,(H2,5,6,7)/t4-/m1/s1. The van der Waals surface area contributed by atoms with Gasteiger partial charge in [-0.2, -0.15) is 0 Å². The van der Waals surface area contributed by atoms with E-state index in [1.165, 1.54) is 7.11 Å². The monoisotopic (exact) mass is 153 g/mol. The molecule has 0 spiro atoms. The molecule has 0 aromatic heterocycles. The Hall–Kier alpha value is 0.110. The minimum atomic E-state index is -4.01. The van der Waals surface area contributed by atoms with E-state index in [0.717, 1.165) is 0 Å². The van der Waals surface area contributed by atoms with Gasteiger partial charge in [0.15, 0.2) is 0 Å². The first-order valence-corrected chi connectivity index (χ1v) is 4.04. The van der Waals surface area contributed by atoms with Crippen LogP contribution in [0.4, 0.5) is 0 Å². The van der Waals surface area contributed by atoms with Crippen LogP contribution in [0.5, 0.6) is 0 Å². The molecule has 0 aromatic rings. The van der Waals surface area contributed by atoms with Crippen LogP contribution in [-0.4, -0.2) is 29.2 Å². The van der Waals surface area contributed by atoms with Crippen LogP contribution in [0.25, 0.3) is 0 Å². The van der Waals surface area contributed by atoms with Crippen LogP contribution in [0.15, 0.2) is 0 Å². The molecule has 0 fully saturated rings. The SMILES string of the molecule is [CH2][C@H](COC)P(=O)(O)O. The summed E-state index contributed by atoms with van der Waals surface area (Å²) in [6.07, 6.45) is 0. The first-order valence-electron chi connectivity index (χ1n) is 2.35. The van der Waals surface area contributed by atoms with Crippen LogP contribution < -0.4 is 0 Å². The molecule has 0 aliphatic heterocycles. The van der Waals surface area contributed by atoms with Gasteiger partial charge < -0.3 is 14.5 Å². The second kappa shape index (κ2) is 3.32. The zero-order chi connectivity index (χ0) is 7.49. The number of rotatable bonds is 3. The minimum absolute atomic E-state index is 0.00965. The summed E-state index contributed by atoms with van der Waals surface area (Å²) in [7, 11) is -2.64. The summed E-state index contributed by atoms with van der Waals surface area (Å²) in [5.41, 5.74) is -0.942. The number of hydrogen-bond acceptors (Lipinski definition) is 2. The minimum Gasteiger partial charge on any atom is -0.384 e. The van der Waals surface area contributed by atoms with Crippen LogP contribution in [0.2, 0.25) is 0 Å². The van der Waals surface area contributed by atoms with Crippen molar-refractivity contribution >= 4 is 7.60 Å². The topological polar surface area (TPSA) is 66.8 Å². The van der Waals surface area contributed by atoms with E-state index in [4.69, 9.17) is 9.79 Å². The molecule has 0 saturated carbocycles. The molecule has 1 atom stereocenters. The number of ether oxygens (including phenoxy) is 1. The second-order valence-corrected chi connectivity index (χ2v) is 3.61. The fourth-order valence-electron chi connectivity index (χ4n) is 0.289. The molecular formula is C4H10O4P. The molecule has 9 heavy (non-hydrogen) atoms. The predicted molar refractivity (Wildman–Crippen MR) is 33.1 cm³/mol. The lowest BCUT2D eigenvalue weighted by Crippen LogP contribution is -2.10. The first kappa shape index (κ1) is 9.11. The number of methoxy groups -OCH3 is 1. The maximum Gasteiger partial charge on any atom is 0.330 e. The summed E-state index contributed by atoms with van der Waals surface area (Å²) in [5, 5.41) is 0. The van der Waals surface area contributed by atoms with Crippen molar-refractivity contribution in [3.63, 3.8) is 0 Å². The van der Waals surface area contributed by atoms with Gasteiger partial charge >= 0.3 is 7.60 Å². The summed E-state index contributed by atoms with van der Waals surface area (Å²) < 4.78 is 14.7. The molecule has 1 radical (unpaired) electrons. The van der Waals surface area contributed by atoms with E-state index in [2.05, 4.69) is 11.7 Å². The molecule has 5 heteroatoms. The molecule has 0 rings (SSSR count). The summed E-state index contributed by atoms with van der Waals surface area (Å²) >= 11 is 0. The van der Waals surface area contributed by atoms with Gasteiger partial charge in [-0.05, 0) is 6.92 Å². The average molecular weight is 153 g/mol. The zero-order valence-electron chi connectivity index (χ0n) is 5.15. The van der Waals surface area contributed by atoms with Crippen LogP contribution in [0, 0.1) is 6.92 Å². The van der Waals surface area contributed by atoms with Crippen molar-refractivity contribution in [1.82, 2.24) is 0 Å². The van der Waals surface area contributed by atoms with Gasteiger partial charge in [-0.25, -0.2) is 0 Å². The molecule has 0 aliphatic carbocycles. The van der Waals surface area contributed by atoms with Crippen molar-refractivity contribution in [1.29, 1.82) is 0 Å². The third kappa shape index (κ3) is 3.65. The van der Waals surface area contributed by atoms with Gasteiger partial charge in [0.05, 0.1) is 12.3 Å². The largest absolute Gasteiger partial charge is 0.384 e. The molecule has 0 amide bonds. The molecule has 0 unspecified atom stereocenters. The van der Waals surface area contributed by atoms with E-state index in [1.54, 1.807) is 0 Å². The van der Waals surface area contributed by atoms with Crippen molar-refractivity contribution in [3.05, 3.63) is 6.92 Å². The van der Waals surface area contributed by atoms with Gasteiger partial charge in [-0.1, -0.05) is 0 Å². The lowest BCUT2D eigenvalue weighted by Gasteiger charge is -2.10. The first-order chi connectivity index (χ1) is 3.98. The Kier molecular flexibility index (Phi) is 3.36. The normalized spacial score (nSPS) is 15.6. The summed E-state index contributed by atoms with van der Waals surface area (Å²) in [6.45, 7) is 3.20. The van der Waals surface area contributed by atoms with Crippen molar-refractivity contribution in [2.45, 2.75) is 5.66 Å². The smallest absolute Gasteiger partial charge is 0.330 e. The highest BCUT2D eigenvalue weighted by Crippen LogP contribution is 2.40. The fraction of sp³-hybridized carbons (Fsp3) is 0.750. The van der Waals surface area contributed by atoms with Gasteiger partial charge in [-0.3, -0.25) is 4.57 Å². The van der Waals surface area contributed by atoms with Crippen molar-refractivity contribution < 1.29 is 19.1 Å². The fourth-order valence-corrected chi connectivity index (χ4v) is 0.633. The Morgan fingerprint density at radius 3 is 2.33 bits per heavy atom. The molecule has 0 aromatic carbocycles. The molecule has 0 aliphatic rings. The van der Waals surface area contributed by atoms with Gasteiger partial charge in [0, 0.05) is 7.11 Å². The predicted octanol–water partition coefficient (Wildman–Crippen LogP) is 0.0132. The van der Waals surface area contributed by atoms with Crippen molar-refractivity contribution in [2.75, 3.05) is 13.7 Å². The average Bonchev–Trinajstić information content (AvgIpc) is 1.64. The quantitative estimate of drug-likeness (QED) is 0.560. The number of hydrogen-bond donors (Lipinski definition) is 2. The Labute approximate surface area is 54.0 Å². The van der Waals surface area contributed by atoms with E-state index < -0.39 is 13.3 Å². The molecule has 0 heterocycles. The van der Waals surface area contributed by atoms with E-state index in [0.29, 0.717) is 0 Å². The Balaban J connectivity index is 3.74.